The van der Waals surface area contributed by atoms with Gasteiger partial charge in [-0.2, -0.15) is 0 Å². The zero-order valence-electron chi connectivity index (χ0n) is 12.0. The quantitative estimate of drug-likeness (QED) is 0.809. The van der Waals surface area contributed by atoms with Crippen LogP contribution in [0.5, 0.6) is 0 Å². The van der Waals surface area contributed by atoms with Crippen molar-refractivity contribution in [3.8, 4) is 11.3 Å². The van der Waals surface area contributed by atoms with Crippen LogP contribution in [-0.2, 0) is 4.79 Å². The van der Waals surface area contributed by atoms with E-state index in [1.54, 1.807) is 12.1 Å². The minimum Gasteiger partial charge on any atom is -0.453 e. The molecule has 21 heavy (non-hydrogen) atoms. The average molecular weight is 283 g/mol. The van der Waals surface area contributed by atoms with Gasteiger partial charge in [-0.1, -0.05) is 0 Å². The number of aryl methyl sites for hydroxylation is 1. The van der Waals surface area contributed by atoms with E-state index >= 15 is 0 Å². The Labute approximate surface area is 123 Å². The first-order valence-electron chi connectivity index (χ1n) is 7.15. The van der Waals surface area contributed by atoms with Crippen molar-refractivity contribution < 1.29 is 14.0 Å². The van der Waals surface area contributed by atoms with Crippen molar-refractivity contribution in [3.63, 3.8) is 0 Å². The normalized spacial score (nSPS) is 15.3. The molecule has 0 saturated carbocycles. The molecule has 4 nitrogen and oxygen atoms in total. The highest BCUT2D eigenvalue weighted by atomic mass is 16.3. The lowest BCUT2D eigenvalue weighted by atomic mass is 10.0. The van der Waals surface area contributed by atoms with Crippen LogP contribution in [0.2, 0.25) is 0 Å². The van der Waals surface area contributed by atoms with Crippen molar-refractivity contribution in [2.45, 2.75) is 26.2 Å². The molecule has 0 bridgehead atoms. The van der Waals surface area contributed by atoms with Crippen LogP contribution >= 0.6 is 0 Å². The standard InChI is InChI=1S/C17H17NO3/c1-12-10-13(16-8-6-14(11-19)21-16)5-7-15(12)18-9-3-2-4-17(18)20/h5-8,10-11H,2-4,9H2,1H3. The number of carbonyl (C=O) groups excluding carboxylic acids is 2. The molecule has 0 spiro atoms. The van der Waals surface area contributed by atoms with E-state index in [9.17, 15) is 9.59 Å². The van der Waals surface area contributed by atoms with Gasteiger partial charge in [0.15, 0.2) is 12.0 Å². The summed E-state index contributed by atoms with van der Waals surface area (Å²) in [7, 11) is 0. The van der Waals surface area contributed by atoms with E-state index in [1.807, 2.05) is 30.0 Å². The van der Waals surface area contributed by atoms with Crippen molar-refractivity contribution in [2.75, 3.05) is 11.4 Å². The smallest absolute Gasteiger partial charge is 0.226 e. The number of carbonyl (C=O) groups is 2. The van der Waals surface area contributed by atoms with Gasteiger partial charge >= 0.3 is 0 Å². The molecular formula is C17H17NO3. The zero-order chi connectivity index (χ0) is 14.8. The largest absolute Gasteiger partial charge is 0.453 e. The van der Waals surface area contributed by atoms with E-state index in [2.05, 4.69) is 0 Å². The van der Waals surface area contributed by atoms with E-state index in [0.29, 0.717) is 24.2 Å². The molecule has 1 aliphatic heterocycles. The molecule has 0 N–H and O–H groups in total. The van der Waals surface area contributed by atoms with E-state index in [1.165, 1.54) is 0 Å². The molecule has 2 heterocycles. The van der Waals surface area contributed by atoms with E-state index < -0.39 is 0 Å². The molecule has 108 valence electrons. The summed E-state index contributed by atoms with van der Waals surface area (Å²) in [5.41, 5.74) is 2.91. The molecule has 1 aromatic carbocycles. The number of hydrogen-bond donors (Lipinski definition) is 0. The lowest BCUT2D eigenvalue weighted by molar-refractivity contribution is -0.119. The van der Waals surface area contributed by atoms with Gasteiger partial charge in [0.1, 0.15) is 5.76 Å². The summed E-state index contributed by atoms with van der Waals surface area (Å²) in [6.45, 7) is 2.78. The van der Waals surface area contributed by atoms with Crippen LogP contribution in [0.25, 0.3) is 11.3 Å². The Morgan fingerprint density at radius 3 is 2.71 bits per heavy atom. The molecule has 0 atom stereocenters. The highest BCUT2D eigenvalue weighted by molar-refractivity contribution is 5.95. The fourth-order valence-corrected chi connectivity index (χ4v) is 2.74. The van der Waals surface area contributed by atoms with E-state index in [4.69, 9.17) is 4.42 Å². The van der Waals surface area contributed by atoms with Crippen LogP contribution in [0.1, 0.15) is 35.4 Å². The molecule has 2 aromatic rings. The number of piperidine rings is 1. The molecule has 1 amide bonds. The van der Waals surface area contributed by atoms with Crippen molar-refractivity contribution in [3.05, 3.63) is 41.7 Å². The summed E-state index contributed by atoms with van der Waals surface area (Å²) in [6.07, 6.45) is 3.35. The summed E-state index contributed by atoms with van der Waals surface area (Å²) >= 11 is 0. The maximum atomic E-state index is 12.0. The molecule has 4 heteroatoms. The second kappa shape index (κ2) is 5.56. The predicted molar refractivity (Wildman–Crippen MR) is 80.5 cm³/mol. The van der Waals surface area contributed by atoms with Gasteiger partial charge in [-0.25, -0.2) is 0 Å². The molecule has 3 rings (SSSR count). The summed E-state index contributed by atoms with van der Waals surface area (Å²) < 4.78 is 5.43. The third kappa shape index (κ3) is 2.61. The Bertz CT molecular complexity index is 687. The van der Waals surface area contributed by atoms with Crippen molar-refractivity contribution >= 4 is 17.9 Å². The second-order valence-corrected chi connectivity index (χ2v) is 5.32. The number of nitrogens with zero attached hydrogens (tertiary/aromatic N) is 1. The summed E-state index contributed by atoms with van der Waals surface area (Å²) in [5, 5.41) is 0. The van der Waals surface area contributed by atoms with Crippen molar-refractivity contribution in [1.29, 1.82) is 0 Å². The first kappa shape index (κ1) is 13.6. The fourth-order valence-electron chi connectivity index (χ4n) is 2.74. The van der Waals surface area contributed by atoms with Crippen LogP contribution in [0, 0.1) is 6.92 Å². The predicted octanol–water partition coefficient (Wildman–Crippen LogP) is 3.58. The maximum Gasteiger partial charge on any atom is 0.226 e. The van der Waals surface area contributed by atoms with Gasteiger partial charge in [-0.05, 0) is 55.7 Å². The number of aldehydes is 1. The Kier molecular flexibility index (Phi) is 3.60. The van der Waals surface area contributed by atoms with Gasteiger partial charge in [0.05, 0.1) is 0 Å². The molecule has 1 aromatic heterocycles. The highest BCUT2D eigenvalue weighted by Gasteiger charge is 2.21. The monoisotopic (exact) mass is 283 g/mol. The molecule has 0 unspecified atom stereocenters. The lowest BCUT2D eigenvalue weighted by Crippen LogP contribution is -2.35. The van der Waals surface area contributed by atoms with Gasteiger partial charge in [0.2, 0.25) is 5.91 Å². The number of hydrogen-bond acceptors (Lipinski definition) is 3. The topological polar surface area (TPSA) is 50.5 Å². The summed E-state index contributed by atoms with van der Waals surface area (Å²) in [5.74, 6) is 1.17. The Morgan fingerprint density at radius 1 is 1.19 bits per heavy atom. The summed E-state index contributed by atoms with van der Waals surface area (Å²) in [4.78, 5) is 24.6. The van der Waals surface area contributed by atoms with Crippen LogP contribution in [0.15, 0.2) is 34.7 Å². The number of rotatable bonds is 3. The van der Waals surface area contributed by atoms with Gasteiger partial charge in [0.25, 0.3) is 0 Å². The third-order valence-electron chi connectivity index (χ3n) is 3.84. The molecule has 1 fully saturated rings. The van der Waals surface area contributed by atoms with Crippen LogP contribution in [-0.4, -0.2) is 18.7 Å². The molecular weight excluding hydrogens is 266 g/mol. The molecule has 0 aliphatic carbocycles. The number of benzene rings is 1. The minimum atomic E-state index is 0.193. The third-order valence-corrected chi connectivity index (χ3v) is 3.84. The van der Waals surface area contributed by atoms with Gasteiger partial charge in [0, 0.05) is 24.2 Å². The fraction of sp³-hybridized carbons (Fsp3) is 0.294. The van der Waals surface area contributed by atoms with Crippen molar-refractivity contribution in [2.24, 2.45) is 0 Å². The van der Waals surface area contributed by atoms with Crippen LogP contribution < -0.4 is 4.90 Å². The summed E-state index contributed by atoms with van der Waals surface area (Å²) in [6, 6.07) is 9.31. The highest BCUT2D eigenvalue weighted by Crippen LogP contribution is 2.30. The Morgan fingerprint density at radius 2 is 2.05 bits per heavy atom. The molecule has 1 aliphatic rings. The SMILES string of the molecule is Cc1cc(-c2ccc(C=O)o2)ccc1N1CCCCC1=O. The van der Waals surface area contributed by atoms with E-state index in [-0.39, 0.29) is 5.91 Å². The Hall–Kier alpha value is -2.36. The van der Waals surface area contributed by atoms with Crippen LogP contribution in [0.3, 0.4) is 0 Å². The number of amides is 1. The van der Waals surface area contributed by atoms with Gasteiger partial charge < -0.3 is 9.32 Å². The lowest BCUT2D eigenvalue weighted by Gasteiger charge is -2.28. The average Bonchev–Trinajstić information content (AvgIpc) is 2.97. The first-order chi connectivity index (χ1) is 10.2. The Balaban J connectivity index is 1.92. The van der Waals surface area contributed by atoms with E-state index in [0.717, 1.165) is 36.2 Å². The minimum absolute atomic E-state index is 0.193. The number of furan rings is 1. The molecule has 1 saturated heterocycles. The first-order valence-corrected chi connectivity index (χ1v) is 7.15. The van der Waals surface area contributed by atoms with Gasteiger partial charge in [-0.3, -0.25) is 9.59 Å². The zero-order valence-corrected chi connectivity index (χ0v) is 12.0. The van der Waals surface area contributed by atoms with Crippen molar-refractivity contribution in [1.82, 2.24) is 0 Å². The maximum absolute atomic E-state index is 12.0. The van der Waals surface area contributed by atoms with Gasteiger partial charge in [-0.15, -0.1) is 0 Å². The van der Waals surface area contributed by atoms with Crippen LogP contribution in [0.4, 0.5) is 5.69 Å². The number of anilines is 1. The second-order valence-electron chi connectivity index (χ2n) is 5.32. The molecule has 0 radical (unpaired) electrons.